The van der Waals surface area contributed by atoms with Crippen LogP contribution in [-0.4, -0.2) is 19.0 Å². The van der Waals surface area contributed by atoms with E-state index < -0.39 is 27.3 Å². The molecule has 0 aromatic heterocycles. The van der Waals surface area contributed by atoms with Crippen LogP contribution in [0.15, 0.2) is 0 Å². The van der Waals surface area contributed by atoms with E-state index in [9.17, 15) is 18.9 Å². The zero-order valence-electron chi connectivity index (χ0n) is 3.75. The van der Waals surface area contributed by atoms with Gasteiger partial charge in [-0.2, -0.15) is 0 Å². The van der Waals surface area contributed by atoms with Crippen LogP contribution in [0.5, 0.6) is 0 Å². The summed E-state index contributed by atoms with van der Waals surface area (Å²) < 4.78 is 57.6. The molecule has 0 unspecified atom stereocenters. The van der Waals surface area contributed by atoms with Gasteiger partial charge in [0, 0.05) is 0 Å². The minimum atomic E-state index is -7.34. The molecule has 9 heteroatoms. The molecule has 0 aliphatic rings. The minimum absolute atomic E-state index is 2.72. The van der Waals surface area contributed by atoms with Crippen molar-refractivity contribution in [3.8, 4) is 0 Å². The summed E-state index contributed by atoms with van der Waals surface area (Å²) in [4.78, 5) is 0. The predicted molar refractivity (Wildman–Crippen MR) is 12.5 cm³/mol. The normalized spacial score (nSPS) is 13.1. The van der Waals surface area contributed by atoms with Crippen LogP contribution in [0.4, 0.5) is 0 Å². The van der Waals surface area contributed by atoms with Crippen molar-refractivity contribution in [3.05, 3.63) is 0 Å². The quantitative estimate of drug-likeness (QED) is 0.577. The van der Waals surface area contributed by atoms with Crippen molar-refractivity contribution < 1.29 is 38.3 Å². The van der Waals surface area contributed by atoms with Crippen LogP contribution in [0.1, 0.15) is 0 Å². The zero-order chi connectivity index (χ0) is 7.73. The summed E-state index contributed by atoms with van der Waals surface area (Å²) in [6.45, 7) is 0. The zero-order valence-corrected chi connectivity index (χ0v) is 6.90. The average Bonchev–Trinajstić information content (AvgIpc) is 1.16. The third kappa shape index (κ3) is 8.01. The maximum absolute atomic E-state index is 9.52. The Balaban J connectivity index is 4.91. The second kappa shape index (κ2) is 2.01. The van der Waals surface area contributed by atoms with Gasteiger partial charge in [0.2, 0.25) is 0 Å². The van der Waals surface area contributed by atoms with Gasteiger partial charge in [-0.1, -0.05) is 0 Å². The molecular weight excluding hydrogens is 239 g/mol. The van der Waals surface area contributed by atoms with Crippen LogP contribution in [-0.2, 0) is 34.1 Å². The van der Waals surface area contributed by atoms with Crippen molar-refractivity contribution in [2.45, 2.75) is 0 Å². The maximum atomic E-state index is 9.52. The molecule has 7 nitrogen and oxygen atoms in total. The topological polar surface area (TPSA) is 115 Å². The molecule has 1 N–H and O–H groups in total. The molecule has 0 atom stereocenters. The van der Waals surface area contributed by atoms with Crippen molar-refractivity contribution in [2.24, 2.45) is 0 Å². The third-order valence-corrected chi connectivity index (χ3v) is 3.97. The Morgan fingerprint density at radius 2 is 1.56 bits per heavy atom. The van der Waals surface area contributed by atoms with E-state index in [-0.39, 0.29) is 0 Å². The van der Waals surface area contributed by atoms with Crippen LogP contribution in [0.2, 0.25) is 0 Å². The Bertz CT molecular complexity index is 324. The molecule has 0 saturated carbocycles. The summed E-state index contributed by atoms with van der Waals surface area (Å²) in [5.74, 6) is 0. The fourth-order valence-corrected chi connectivity index (χ4v) is 2.18. The summed E-state index contributed by atoms with van der Waals surface area (Å²) in [5.41, 5.74) is 0. The van der Waals surface area contributed by atoms with Gasteiger partial charge in [-0.25, -0.2) is 0 Å². The van der Waals surface area contributed by atoms with Crippen LogP contribution in [0.25, 0.3) is 0 Å². The van der Waals surface area contributed by atoms with Gasteiger partial charge < -0.3 is 0 Å². The molecule has 0 amide bonds. The molecule has 0 aliphatic heterocycles. The Morgan fingerprint density at radius 1 is 1.22 bits per heavy atom. The van der Waals surface area contributed by atoms with Crippen LogP contribution >= 0.6 is 0 Å². The molecule has 0 bridgehead atoms. The molecule has 54 valence electrons. The number of rotatable bonds is 2. The van der Waals surface area contributed by atoms with Crippen molar-refractivity contribution in [1.29, 1.82) is 0 Å². The summed E-state index contributed by atoms with van der Waals surface area (Å²) in [6.07, 6.45) is 0. The molecule has 0 spiro atoms. The Kier molecular flexibility index (Phi) is 2.01. The Labute approximate surface area is 53.6 Å². The van der Waals surface area contributed by atoms with Crippen molar-refractivity contribution in [1.82, 2.24) is 0 Å². The first-order chi connectivity index (χ1) is 3.67. The molecule has 0 aromatic rings. The molecule has 0 radical (unpaired) electrons. The van der Waals surface area contributed by atoms with E-state index in [4.69, 9.17) is 4.16 Å². The fourth-order valence-electron chi connectivity index (χ4n) is 0.102. The standard InChI is InChI=1S/AsHO3.Cr.H2O.3O/c2-1(3)4;;;;;/h(H,2,3,4);;1H2;;;/q;+2;;;;/p-2. The van der Waals surface area contributed by atoms with E-state index in [1.54, 1.807) is 0 Å². The number of hydrogen-bond acceptors (Lipinski definition) is 6. The molecule has 9 heavy (non-hydrogen) atoms. The van der Waals surface area contributed by atoms with E-state index in [1.165, 1.54) is 0 Å². The van der Waals surface area contributed by atoms with Gasteiger partial charge >= 0.3 is 53.2 Å². The number of hydrogen-bond donors (Lipinski definition) is 1. The average molecular weight is 240 g/mol. The predicted octanol–water partition coefficient (Wildman–Crippen LogP) is -1.60. The first-order valence-electron chi connectivity index (χ1n) is 1.40. The van der Waals surface area contributed by atoms with Crippen LogP contribution in [0.3, 0.4) is 0 Å². The van der Waals surface area contributed by atoms with Crippen molar-refractivity contribution >= 4 is 14.9 Å². The van der Waals surface area contributed by atoms with Gasteiger partial charge in [-0.3, -0.25) is 0 Å². The van der Waals surface area contributed by atoms with Crippen molar-refractivity contribution in [3.63, 3.8) is 0 Å². The summed E-state index contributed by atoms with van der Waals surface area (Å²) in [5, 5.41) is 0. The van der Waals surface area contributed by atoms with E-state index in [0.717, 1.165) is 0 Å². The molecule has 0 heterocycles. The molecule has 0 aliphatic carbocycles. The second-order valence-electron chi connectivity index (χ2n) is 1.00. The van der Waals surface area contributed by atoms with Gasteiger partial charge in [-0.05, 0) is 0 Å². The summed E-state index contributed by atoms with van der Waals surface area (Å²) in [6, 6.07) is 0. The molecular formula is HAsCrO7. The van der Waals surface area contributed by atoms with Crippen molar-refractivity contribution in [2.75, 3.05) is 0 Å². The monoisotopic (exact) mass is 240 g/mol. The summed E-state index contributed by atoms with van der Waals surface area (Å²) >= 11 is -11.9. The van der Waals surface area contributed by atoms with E-state index in [1.807, 2.05) is 0 Å². The van der Waals surface area contributed by atoms with Gasteiger partial charge in [-0.15, -0.1) is 0 Å². The second-order valence-corrected chi connectivity index (χ2v) is 5.67. The van der Waals surface area contributed by atoms with E-state index in [2.05, 4.69) is 2.78 Å². The first kappa shape index (κ1) is 9.01. The Morgan fingerprint density at radius 3 is 1.56 bits per heavy atom. The van der Waals surface area contributed by atoms with E-state index >= 15 is 0 Å². The molecule has 0 aromatic carbocycles. The molecule has 0 fully saturated rings. The first-order valence-corrected chi connectivity index (χ1v) is 6.35. The van der Waals surface area contributed by atoms with Gasteiger partial charge in [0.1, 0.15) is 0 Å². The van der Waals surface area contributed by atoms with Gasteiger partial charge in [0.15, 0.2) is 0 Å². The molecule has 0 rings (SSSR count). The Hall–Kier alpha value is 0.0109. The van der Waals surface area contributed by atoms with E-state index in [0.29, 0.717) is 0 Å². The van der Waals surface area contributed by atoms with Crippen LogP contribution < -0.4 is 0 Å². The summed E-state index contributed by atoms with van der Waals surface area (Å²) in [7, 11) is 0. The van der Waals surface area contributed by atoms with Gasteiger partial charge in [0.05, 0.1) is 0 Å². The third-order valence-electron chi connectivity index (χ3n) is 0.185. The van der Waals surface area contributed by atoms with Gasteiger partial charge in [0.25, 0.3) is 0 Å². The SMILES string of the molecule is O=[As](=O)[O][Cr](=[O])(=[O])(=[O])[OH]. The van der Waals surface area contributed by atoms with Crippen LogP contribution in [0, 0.1) is 0 Å². The fraction of sp³-hybridized carbons (Fsp3) is 0. The molecule has 0 saturated heterocycles.